The van der Waals surface area contributed by atoms with E-state index in [0.29, 0.717) is 0 Å². The molecule has 1 aromatic heterocycles. The molecule has 2 N–H and O–H groups in total. The average Bonchev–Trinajstić information content (AvgIpc) is 3.07. The number of halogens is 3. The van der Waals surface area contributed by atoms with Crippen LogP contribution < -0.4 is 5.32 Å². The van der Waals surface area contributed by atoms with Gasteiger partial charge >= 0.3 is 6.18 Å². The summed E-state index contributed by atoms with van der Waals surface area (Å²) in [6.07, 6.45) is -3.27. The van der Waals surface area contributed by atoms with Gasteiger partial charge in [0.05, 0.1) is 5.56 Å². The van der Waals surface area contributed by atoms with Crippen LogP contribution in [0.3, 0.4) is 0 Å². The minimum Gasteiger partial charge on any atom is -0.352 e. The van der Waals surface area contributed by atoms with Gasteiger partial charge in [-0.25, -0.2) is 0 Å². The number of nitrogens with one attached hydrogen (secondary N) is 2. The zero-order valence-corrected chi connectivity index (χ0v) is 12.3. The molecule has 24 heavy (non-hydrogen) atoms. The van der Waals surface area contributed by atoms with Crippen molar-refractivity contribution in [3.63, 3.8) is 0 Å². The summed E-state index contributed by atoms with van der Waals surface area (Å²) in [5.41, 5.74) is -1.08. The fourth-order valence-electron chi connectivity index (χ4n) is 2.72. The first-order valence-corrected chi connectivity index (χ1v) is 7.14. The Hall–Kier alpha value is -2.84. The largest absolute Gasteiger partial charge is 0.416 e. The van der Waals surface area contributed by atoms with Gasteiger partial charge in [-0.2, -0.15) is 18.3 Å². The van der Waals surface area contributed by atoms with E-state index in [1.54, 1.807) is 0 Å². The van der Waals surface area contributed by atoms with Gasteiger partial charge < -0.3 is 10.2 Å². The van der Waals surface area contributed by atoms with Crippen LogP contribution in [-0.4, -0.2) is 40.0 Å². The topological polar surface area (TPSA) is 78.1 Å². The summed E-state index contributed by atoms with van der Waals surface area (Å²) in [4.78, 5) is 25.9. The predicted molar refractivity (Wildman–Crippen MR) is 76.8 cm³/mol. The van der Waals surface area contributed by atoms with Crippen molar-refractivity contribution in [3.8, 4) is 0 Å². The molecular formula is C15H13F3N4O2. The summed E-state index contributed by atoms with van der Waals surface area (Å²) in [5, 5.41) is 8.64. The van der Waals surface area contributed by atoms with Gasteiger partial charge in [-0.15, -0.1) is 0 Å². The average molecular weight is 338 g/mol. The normalized spacial score (nSPS) is 18.4. The fourth-order valence-corrected chi connectivity index (χ4v) is 2.72. The molecule has 0 aliphatic carbocycles. The van der Waals surface area contributed by atoms with Crippen LogP contribution >= 0.6 is 0 Å². The molecule has 1 fully saturated rings. The standard InChI is InChI=1S/C15H13F3N4O2/c16-15(17,18)10-4-2-1-3-9(10)12-13(23)19-7-8-22(12)14(24)11-5-6-20-21-11/h1-6,12H,7-8H2,(H,19,23)(H,20,21). The highest BCUT2D eigenvalue weighted by Crippen LogP contribution is 2.37. The van der Waals surface area contributed by atoms with E-state index in [9.17, 15) is 22.8 Å². The molecule has 9 heteroatoms. The lowest BCUT2D eigenvalue weighted by Crippen LogP contribution is -2.52. The second kappa shape index (κ2) is 5.99. The highest BCUT2D eigenvalue weighted by Gasteiger charge is 2.41. The van der Waals surface area contributed by atoms with Crippen molar-refractivity contribution < 1.29 is 22.8 Å². The number of hydrogen-bond donors (Lipinski definition) is 2. The minimum atomic E-state index is -4.63. The first-order chi connectivity index (χ1) is 11.4. The fraction of sp³-hybridized carbons (Fsp3) is 0.267. The maximum Gasteiger partial charge on any atom is 0.416 e. The molecule has 0 radical (unpaired) electrons. The molecule has 1 aliphatic heterocycles. The van der Waals surface area contributed by atoms with Crippen LogP contribution in [0.25, 0.3) is 0 Å². The zero-order chi connectivity index (χ0) is 17.3. The van der Waals surface area contributed by atoms with E-state index >= 15 is 0 Å². The molecule has 2 amide bonds. The number of hydrogen-bond acceptors (Lipinski definition) is 3. The van der Waals surface area contributed by atoms with Crippen LogP contribution in [0, 0.1) is 0 Å². The Balaban J connectivity index is 2.06. The summed E-state index contributed by atoms with van der Waals surface area (Å²) in [6, 6.07) is 4.82. The number of benzene rings is 1. The van der Waals surface area contributed by atoms with Crippen LogP contribution in [0.2, 0.25) is 0 Å². The summed E-state index contributed by atoms with van der Waals surface area (Å²) in [5.74, 6) is -1.23. The van der Waals surface area contributed by atoms with Crippen LogP contribution in [-0.2, 0) is 11.0 Å². The van der Waals surface area contributed by atoms with Crippen LogP contribution in [0.1, 0.15) is 27.7 Å². The quantitative estimate of drug-likeness (QED) is 0.876. The highest BCUT2D eigenvalue weighted by molar-refractivity contribution is 5.97. The number of alkyl halides is 3. The third-order valence-electron chi connectivity index (χ3n) is 3.76. The van der Waals surface area contributed by atoms with E-state index < -0.39 is 29.6 Å². The van der Waals surface area contributed by atoms with Gasteiger partial charge in [0.2, 0.25) is 5.91 Å². The number of rotatable bonds is 2. The van der Waals surface area contributed by atoms with Gasteiger partial charge in [0.1, 0.15) is 11.7 Å². The van der Waals surface area contributed by atoms with Crippen molar-refractivity contribution in [2.45, 2.75) is 12.2 Å². The molecule has 3 rings (SSSR count). The Morgan fingerprint density at radius 2 is 2.00 bits per heavy atom. The summed E-state index contributed by atoms with van der Waals surface area (Å²) in [6.45, 7) is 0.268. The number of H-pyrrole nitrogens is 1. The Kier molecular flexibility index (Phi) is 4.00. The molecule has 126 valence electrons. The van der Waals surface area contributed by atoms with Crippen molar-refractivity contribution in [2.75, 3.05) is 13.1 Å². The first-order valence-electron chi connectivity index (χ1n) is 7.14. The van der Waals surface area contributed by atoms with E-state index in [1.165, 1.54) is 30.5 Å². The van der Waals surface area contributed by atoms with Crippen LogP contribution in [0.5, 0.6) is 0 Å². The van der Waals surface area contributed by atoms with Gasteiger partial charge in [-0.05, 0) is 17.7 Å². The molecule has 2 heterocycles. The SMILES string of the molecule is O=C1NCCN(C(=O)c2ccn[nH]2)C1c1ccccc1C(F)(F)F. The molecule has 6 nitrogen and oxygen atoms in total. The Bertz CT molecular complexity index is 758. The summed E-state index contributed by atoms with van der Waals surface area (Å²) in [7, 11) is 0. The maximum absolute atomic E-state index is 13.3. The number of amides is 2. The van der Waals surface area contributed by atoms with Crippen LogP contribution in [0.15, 0.2) is 36.5 Å². The van der Waals surface area contributed by atoms with Gasteiger partial charge in [0.15, 0.2) is 0 Å². The van der Waals surface area contributed by atoms with Gasteiger partial charge in [-0.1, -0.05) is 18.2 Å². The number of nitrogens with zero attached hydrogens (tertiary/aromatic N) is 2. The van der Waals surface area contributed by atoms with Crippen molar-refractivity contribution in [1.82, 2.24) is 20.4 Å². The lowest BCUT2D eigenvalue weighted by Gasteiger charge is -2.36. The molecular weight excluding hydrogens is 325 g/mol. The molecule has 2 aromatic rings. The summed E-state index contributed by atoms with van der Waals surface area (Å²) < 4.78 is 39.8. The van der Waals surface area contributed by atoms with E-state index in [0.717, 1.165) is 11.0 Å². The highest BCUT2D eigenvalue weighted by atomic mass is 19.4. The first kappa shape index (κ1) is 16.0. The van der Waals surface area contributed by atoms with E-state index in [2.05, 4.69) is 15.5 Å². The van der Waals surface area contributed by atoms with E-state index in [-0.39, 0.29) is 24.3 Å². The third-order valence-corrected chi connectivity index (χ3v) is 3.76. The van der Waals surface area contributed by atoms with Crippen molar-refractivity contribution in [1.29, 1.82) is 0 Å². The van der Waals surface area contributed by atoms with Crippen LogP contribution in [0.4, 0.5) is 13.2 Å². The molecule has 1 atom stereocenters. The molecule has 0 bridgehead atoms. The molecule has 1 aromatic carbocycles. The number of carbonyl (C=O) groups is 2. The van der Waals surface area contributed by atoms with E-state index in [1.807, 2.05) is 0 Å². The minimum absolute atomic E-state index is 0.0977. The molecule has 1 saturated heterocycles. The Morgan fingerprint density at radius 1 is 1.25 bits per heavy atom. The number of carbonyl (C=O) groups excluding carboxylic acids is 2. The lowest BCUT2D eigenvalue weighted by molar-refractivity contribution is -0.139. The van der Waals surface area contributed by atoms with Gasteiger partial charge in [-0.3, -0.25) is 14.7 Å². The third kappa shape index (κ3) is 2.84. The second-order valence-electron chi connectivity index (χ2n) is 5.25. The monoisotopic (exact) mass is 338 g/mol. The summed E-state index contributed by atoms with van der Waals surface area (Å²) >= 11 is 0. The van der Waals surface area contributed by atoms with Gasteiger partial charge in [0, 0.05) is 19.3 Å². The number of aromatic nitrogens is 2. The van der Waals surface area contributed by atoms with E-state index in [4.69, 9.17) is 0 Å². The smallest absolute Gasteiger partial charge is 0.352 e. The zero-order valence-electron chi connectivity index (χ0n) is 12.3. The lowest BCUT2D eigenvalue weighted by atomic mass is 9.96. The number of piperazine rings is 1. The second-order valence-corrected chi connectivity index (χ2v) is 5.25. The van der Waals surface area contributed by atoms with Gasteiger partial charge in [0.25, 0.3) is 5.91 Å². The molecule has 1 unspecified atom stereocenters. The molecule has 0 spiro atoms. The maximum atomic E-state index is 13.3. The van der Waals surface area contributed by atoms with Crippen molar-refractivity contribution >= 4 is 11.8 Å². The molecule has 1 aliphatic rings. The van der Waals surface area contributed by atoms with Crippen molar-refractivity contribution in [2.24, 2.45) is 0 Å². The molecule has 0 saturated carbocycles. The Morgan fingerprint density at radius 3 is 2.67 bits per heavy atom. The van der Waals surface area contributed by atoms with Crippen molar-refractivity contribution in [3.05, 3.63) is 53.3 Å². The predicted octanol–water partition coefficient (Wildman–Crippen LogP) is 1.74. The Labute approximate surface area is 134 Å². The number of aromatic amines is 1.